The molecule has 6 heteroatoms. The van der Waals surface area contributed by atoms with E-state index in [1.165, 1.54) is 0 Å². The smallest absolute Gasteiger partial charge is 0.146 e. The van der Waals surface area contributed by atoms with Gasteiger partial charge in [-0.05, 0) is 24.6 Å². The highest BCUT2D eigenvalue weighted by Gasteiger charge is 2.22. The molecule has 5 nitrogen and oxygen atoms in total. The van der Waals surface area contributed by atoms with Crippen molar-refractivity contribution in [2.75, 3.05) is 36.0 Å². The number of nitriles is 1. The normalized spacial score (nSPS) is 14.7. The zero-order valence-corrected chi connectivity index (χ0v) is 13.6. The number of nitrogens with zero attached hydrogens (tertiary/aromatic N) is 4. The topological polar surface area (TPSA) is 63.4 Å². The van der Waals surface area contributed by atoms with Gasteiger partial charge in [0.2, 0.25) is 0 Å². The summed E-state index contributed by atoms with van der Waals surface area (Å²) in [6.45, 7) is 4.97. The van der Waals surface area contributed by atoms with Gasteiger partial charge in [0.25, 0.3) is 0 Å². The van der Waals surface area contributed by atoms with Crippen LogP contribution in [0.1, 0.15) is 11.1 Å². The quantitative estimate of drug-likeness (QED) is 0.918. The van der Waals surface area contributed by atoms with Crippen LogP contribution in [0.4, 0.5) is 11.5 Å². The number of piperazine rings is 1. The summed E-state index contributed by atoms with van der Waals surface area (Å²) in [4.78, 5) is 8.68. The molecule has 0 spiro atoms. The molecule has 1 aromatic heterocycles. The molecule has 0 aliphatic carbocycles. The van der Waals surface area contributed by atoms with Crippen LogP contribution >= 0.6 is 11.6 Å². The van der Waals surface area contributed by atoms with E-state index in [4.69, 9.17) is 11.6 Å². The van der Waals surface area contributed by atoms with Crippen LogP contribution in [0, 0.1) is 18.3 Å². The Morgan fingerprint density at radius 2 is 1.91 bits per heavy atom. The van der Waals surface area contributed by atoms with Crippen LogP contribution in [-0.4, -0.2) is 36.3 Å². The summed E-state index contributed by atoms with van der Waals surface area (Å²) >= 11 is 6.06. The van der Waals surface area contributed by atoms with Crippen molar-refractivity contribution in [2.24, 2.45) is 0 Å². The van der Waals surface area contributed by atoms with Crippen LogP contribution in [0.5, 0.6) is 5.75 Å². The second-order valence-electron chi connectivity index (χ2n) is 5.54. The molecule has 1 N–H and O–H groups in total. The highest BCUT2D eigenvalue weighted by atomic mass is 35.5. The molecule has 0 bridgehead atoms. The molecule has 0 saturated carbocycles. The van der Waals surface area contributed by atoms with Gasteiger partial charge in [-0.15, -0.1) is 0 Å². The standard InChI is InChI=1S/C17H17ClN4O/c1-12-15(10-19)17(20-11-16(12)18)22-7-5-21(6-8-22)13-3-2-4-14(23)9-13/h2-4,9,11,23H,5-8H2,1H3. The molecule has 2 heterocycles. The van der Waals surface area contributed by atoms with Crippen LogP contribution in [0.2, 0.25) is 5.02 Å². The number of phenolic OH excluding ortho intramolecular Hbond substituents is 1. The molecule has 1 fully saturated rings. The first-order chi connectivity index (χ1) is 11.1. The number of rotatable bonds is 2. The molecule has 0 radical (unpaired) electrons. The maximum atomic E-state index is 9.60. The molecule has 23 heavy (non-hydrogen) atoms. The van der Waals surface area contributed by atoms with Crippen LogP contribution in [0.3, 0.4) is 0 Å². The Bertz CT molecular complexity index is 764. The zero-order valence-electron chi connectivity index (χ0n) is 12.8. The summed E-state index contributed by atoms with van der Waals surface area (Å²) in [6, 6.07) is 9.48. The van der Waals surface area contributed by atoms with Crippen molar-refractivity contribution in [2.45, 2.75) is 6.92 Å². The third-order valence-corrected chi connectivity index (χ3v) is 4.52. The largest absolute Gasteiger partial charge is 0.508 e. The number of hydrogen-bond acceptors (Lipinski definition) is 5. The predicted molar refractivity (Wildman–Crippen MR) is 91.2 cm³/mol. The van der Waals surface area contributed by atoms with Crippen LogP contribution in [0.25, 0.3) is 0 Å². The van der Waals surface area contributed by atoms with Gasteiger partial charge in [-0.25, -0.2) is 4.98 Å². The minimum absolute atomic E-state index is 0.270. The SMILES string of the molecule is Cc1c(Cl)cnc(N2CCN(c3cccc(O)c3)CC2)c1C#N. The highest BCUT2D eigenvalue weighted by Crippen LogP contribution is 2.28. The van der Waals surface area contributed by atoms with Crippen LogP contribution in [0.15, 0.2) is 30.5 Å². The third-order valence-electron chi connectivity index (χ3n) is 4.14. The fourth-order valence-electron chi connectivity index (χ4n) is 2.81. The van der Waals surface area contributed by atoms with Crippen molar-refractivity contribution >= 4 is 23.1 Å². The molecule has 0 atom stereocenters. The van der Waals surface area contributed by atoms with E-state index in [1.54, 1.807) is 18.3 Å². The van der Waals surface area contributed by atoms with Crippen molar-refractivity contribution in [1.29, 1.82) is 5.26 Å². The molecule has 0 amide bonds. The highest BCUT2D eigenvalue weighted by molar-refractivity contribution is 6.31. The van der Waals surface area contributed by atoms with Crippen molar-refractivity contribution < 1.29 is 5.11 Å². The lowest BCUT2D eigenvalue weighted by molar-refractivity contribution is 0.475. The first-order valence-electron chi connectivity index (χ1n) is 7.44. The Morgan fingerprint density at radius 1 is 1.22 bits per heavy atom. The summed E-state index contributed by atoms with van der Waals surface area (Å²) in [5.74, 6) is 0.969. The van der Waals surface area contributed by atoms with E-state index in [1.807, 2.05) is 19.1 Å². The maximum absolute atomic E-state index is 9.60. The van der Waals surface area contributed by atoms with E-state index < -0.39 is 0 Å². The molecular formula is C17H17ClN4O. The molecule has 1 aromatic carbocycles. The first-order valence-corrected chi connectivity index (χ1v) is 7.82. The van der Waals surface area contributed by atoms with Gasteiger partial charge in [0.05, 0.1) is 10.6 Å². The number of pyridine rings is 1. The van der Waals surface area contributed by atoms with E-state index >= 15 is 0 Å². The van der Waals surface area contributed by atoms with Crippen LogP contribution < -0.4 is 9.80 Å². The van der Waals surface area contributed by atoms with Gasteiger partial charge in [0.15, 0.2) is 0 Å². The average Bonchev–Trinajstić information content (AvgIpc) is 2.57. The maximum Gasteiger partial charge on any atom is 0.146 e. The molecule has 1 aliphatic heterocycles. The summed E-state index contributed by atoms with van der Waals surface area (Å²) < 4.78 is 0. The Kier molecular flexibility index (Phi) is 4.26. The monoisotopic (exact) mass is 328 g/mol. The average molecular weight is 329 g/mol. The molecular weight excluding hydrogens is 312 g/mol. The van der Waals surface area contributed by atoms with Gasteiger partial charge in [-0.1, -0.05) is 17.7 Å². The minimum Gasteiger partial charge on any atom is -0.508 e. The summed E-state index contributed by atoms with van der Waals surface area (Å²) in [7, 11) is 0. The lowest BCUT2D eigenvalue weighted by Gasteiger charge is -2.37. The number of hydrogen-bond donors (Lipinski definition) is 1. The summed E-state index contributed by atoms with van der Waals surface area (Å²) in [6.07, 6.45) is 1.61. The molecule has 3 rings (SSSR count). The molecule has 1 saturated heterocycles. The number of aromatic nitrogens is 1. The molecule has 0 unspecified atom stereocenters. The Hall–Kier alpha value is -2.45. The predicted octanol–water partition coefficient (Wildman–Crippen LogP) is 2.95. The van der Waals surface area contributed by atoms with Gasteiger partial charge in [0, 0.05) is 44.1 Å². The lowest BCUT2D eigenvalue weighted by Crippen LogP contribution is -2.47. The van der Waals surface area contributed by atoms with Crippen molar-refractivity contribution in [3.05, 3.63) is 46.6 Å². The minimum atomic E-state index is 0.270. The lowest BCUT2D eigenvalue weighted by atomic mass is 10.1. The summed E-state index contributed by atoms with van der Waals surface area (Å²) in [5.41, 5.74) is 2.32. The van der Waals surface area contributed by atoms with Crippen molar-refractivity contribution in [3.63, 3.8) is 0 Å². The second-order valence-corrected chi connectivity index (χ2v) is 5.94. The van der Waals surface area contributed by atoms with Gasteiger partial charge in [0.1, 0.15) is 17.6 Å². The van der Waals surface area contributed by atoms with E-state index in [2.05, 4.69) is 20.9 Å². The number of halogens is 1. The van der Waals surface area contributed by atoms with Gasteiger partial charge < -0.3 is 14.9 Å². The Morgan fingerprint density at radius 3 is 2.57 bits per heavy atom. The Labute approximate surface area is 140 Å². The zero-order chi connectivity index (χ0) is 16.4. The fraction of sp³-hybridized carbons (Fsp3) is 0.294. The van der Waals surface area contributed by atoms with Crippen LogP contribution in [-0.2, 0) is 0 Å². The number of benzene rings is 1. The Balaban J connectivity index is 1.77. The second kappa shape index (κ2) is 6.35. The fourth-order valence-corrected chi connectivity index (χ4v) is 2.95. The van der Waals surface area contributed by atoms with E-state index in [0.717, 1.165) is 37.4 Å². The number of phenols is 1. The van der Waals surface area contributed by atoms with E-state index in [0.29, 0.717) is 16.4 Å². The van der Waals surface area contributed by atoms with E-state index in [9.17, 15) is 10.4 Å². The molecule has 1 aliphatic rings. The van der Waals surface area contributed by atoms with Crippen molar-refractivity contribution in [1.82, 2.24) is 4.98 Å². The first kappa shape index (κ1) is 15.4. The van der Waals surface area contributed by atoms with Crippen molar-refractivity contribution in [3.8, 4) is 11.8 Å². The third kappa shape index (κ3) is 3.03. The number of anilines is 2. The summed E-state index contributed by atoms with van der Waals surface area (Å²) in [5, 5.41) is 19.5. The van der Waals surface area contributed by atoms with Gasteiger partial charge in [-0.2, -0.15) is 5.26 Å². The van der Waals surface area contributed by atoms with Gasteiger partial charge >= 0.3 is 0 Å². The van der Waals surface area contributed by atoms with E-state index in [-0.39, 0.29) is 5.75 Å². The van der Waals surface area contributed by atoms with Gasteiger partial charge in [-0.3, -0.25) is 0 Å². The molecule has 118 valence electrons. The number of aromatic hydroxyl groups is 1. The molecule has 2 aromatic rings.